The molecule has 9 atom stereocenters. The third kappa shape index (κ3) is 8.81. The zero-order valence-corrected chi connectivity index (χ0v) is 15.1. The maximum absolute atomic E-state index is 10.2. The fraction of sp³-hybridized carbons (Fsp3) is 0.917. The molecule has 1 fully saturated rings. The molecule has 11 N–H and O–H groups in total. The van der Waals surface area contributed by atoms with Crippen LogP contribution < -0.4 is 0 Å². The van der Waals surface area contributed by atoms with Crippen LogP contribution in [0.2, 0.25) is 0 Å². The van der Waals surface area contributed by atoms with Gasteiger partial charge >= 0.3 is 7.82 Å². The zero-order valence-electron chi connectivity index (χ0n) is 14.2. The van der Waals surface area contributed by atoms with Crippen molar-refractivity contribution in [3.05, 3.63) is 0 Å². The third-order valence-corrected chi connectivity index (χ3v) is 4.00. The summed E-state index contributed by atoms with van der Waals surface area (Å²) in [6, 6.07) is 0. The lowest BCUT2D eigenvalue weighted by Gasteiger charge is -2.37. The number of aldehydes is 1. The van der Waals surface area contributed by atoms with E-state index in [1.807, 2.05) is 0 Å². The van der Waals surface area contributed by atoms with Crippen LogP contribution in [0.15, 0.2) is 0 Å². The van der Waals surface area contributed by atoms with Crippen molar-refractivity contribution in [1.29, 1.82) is 0 Å². The van der Waals surface area contributed by atoms with Gasteiger partial charge in [-0.05, 0) is 0 Å². The molecule has 15 nitrogen and oxygen atoms in total. The molecule has 0 aromatic heterocycles. The summed E-state index contributed by atoms with van der Waals surface area (Å²) in [5, 5.41) is 80.7. The van der Waals surface area contributed by atoms with Crippen molar-refractivity contribution in [2.24, 2.45) is 0 Å². The first-order valence-electron chi connectivity index (χ1n) is 7.63. The van der Waals surface area contributed by atoms with Gasteiger partial charge in [-0.2, -0.15) is 0 Å². The van der Waals surface area contributed by atoms with Crippen LogP contribution >= 0.6 is 7.82 Å². The van der Waals surface area contributed by atoms with Gasteiger partial charge in [-0.1, -0.05) is 0 Å². The van der Waals surface area contributed by atoms with Crippen LogP contribution in [0.5, 0.6) is 0 Å². The predicted octanol–water partition coefficient (Wildman–Crippen LogP) is -6.48. The number of rotatable bonds is 8. The summed E-state index contributed by atoms with van der Waals surface area (Å²) < 4.78 is 18.7. The van der Waals surface area contributed by atoms with Gasteiger partial charge in [-0.3, -0.25) is 4.52 Å². The van der Waals surface area contributed by atoms with Crippen molar-refractivity contribution in [3.8, 4) is 0 Å². The number of ether oxygens (including phenoxy) is 1. The minimum absolute atomic E-state index is 0.0650. The summed E-state index contributed by atoms with van der Waals surface area (Å²) in [4.78, 5) is 26.6. The molecule has 1 saturated heterocycles. The van der Waals surface area contributed by atoms with Crippen LogP contribution in [0.25, 0.3) is 0 Å². The monoisotopic (exact) mass is 440 g/mol. The van der Waals surface area contributed by atoms with Gasteiger partial charge in [0.25, 0.3) is 0 Å². The Balaban J connectivity index is 0.000000540. The Labute approximate surface area is 157 Å². The molecule has 0 saturated carbocycles. The normalized spacial score (nSPS) is 32.5. The summed E-state index contributed by atoms with van der Waals surface area (Å²) in [7, 11) is -4.80. The fourth-order valence-corrected chi connectivity index (χ4v) is 2.21. The van der Waals surface area contributed by atoms with E-state index in [1.165, 1.54) is 0 Å². The van der Waals surface area contributed by atoms with E-state index in [2.05, 4.69) is 9.26 Å². The molecule has 1 rings (SSSR count). The molecule has 0 spiro atoms. The van der Waals surface area contributed by atoms with Gasteiger partial charge in [0.2, 0.25) is 0 Å². The Kier molecular flexibility index (Phi) is 11.9. The molecule has 0 aromatic rings. The number of aliphatic hydroxyl groups excluding tert-OH is 9. The number of phosphoric acid groups is 1. The molecule has 1 aliphatic heterocycles. The average molecular weight is 440 g/mol. The molecule has 1 heterocycles. The Hall–Kier alpha value is -0.620. The highest BCUT2D eigenvalue weighted by molar-refractivity contribution is 7.46. The van der Waals surface area contributed by atoms with Crippen molar-refractivity contribution < 1.29 is 74.4 Å². The maximum atomic E-state index is 10.2. The van der Waals surface area contributed by atoms with Crippen LogP contribution in [0.1, 0.15) is 0 Å². The first-order chi connectivity index (χ1) is 12.8. The highest BCUT2D eigenvalue weighted by atomic mass is 31.2. The van der Waals surface area contributed by atoms with E-state index in [0.29, 0.717) is 0 Å². The van der Waals surface area contributed by atoms with E-state index in [0.717, 1.165) is 0 Å². The second-order valence-electron chi connectivity index (χ2n) is 5.68. The molecular weight excluding hydrogens is 415 g/mol. The summed E-state index contributed by atoms with van der Waals surface area (Å²) in [5.74, 6) is 0. The lowest BCUT2D eigenvalue weighted by molar-refractivity contribution is -0.286. The van der Waals surface area contributed by atoms with Crippen LogP contribution in [-0.2, 0) is 18.6 Å². The van der Waals surface area contributed by atoms with Gasteiger partial charge in [0, 0.05) is 0 Å². The molecule has 1 unspecified atom stereocenters. The Morgan fingerprint density at radius 2 is 1.50 bits per heavy atom. The quantitative estimate of drug-likeness (QED) is 0.124. The van der Waals surface area contributed by atoms with Gasteiger partial charge in [0.05, 0.1) is 13.2 Å². The predicted molar refractivity (Wildman–Crippen MR) is 84.1 cm³/mol. The molecule has 16 heteroatoms. The van der Waals surface area contributed by atoms with Crippen LogP contribution in [0, 0.1) is 0 Å². The van der Waals surface area contributed by atoms with Gasteiger partial charge in [0.15, 0.2) is 12.6 Å². The molecule has 0 bridgehead atoms. The minimum Gasteiger partial charge on any atom is -0.394 e. The standard InChI is InChI=1S/C6H13O9P.C6H12O6/c7-1-3(8)5(10)6(11)4(9)2-15-16(12,13)14;7-1-2-3(8)4(9)5(10)6(11)12-2/h1,3-6,8-11H,2H2,(H2,12,13,14);2-11H,1H2/t3-,4+,5+,6-;2-,3-,4+,5-,6?/m01/s1. The number of hydrogen-bond acceptors (Lipinski definition) is 13. The van der Waals surface area contributed by atoms with Crippen LogP contribution in [0.4, 0.5) is 0 Å². The summed E-state index contributed by atoms with van der Waals surface area (Å²) >= 11 is 0. The number of phosphoric ester groups is 1. The Morgan fingerprint density at radius 3 is 1.93 bits per heavy atom. The molecule has 0 aromatic carbocycles. The van der Waals surface area contributed by atoms with E-state index >= 15 is 0 Å². The number of carbonyl (C=O) groups excluding carboxylic acids is 1. The van der Waals surface area contributed by atoms with Crippen molar-refractivity contribution >= 4 is 14.1 Å². The number of aliphatic hydroxyl groups is 9. The Bertz CT molecular complexity index is 495. The lowest BCUT2D eigenvalue weighted by Crippen LogP contribution is -2.58. The van der Waals surface area contributed by atoms with Crippen LogP contribution in [-0.4, -0.2) is 130 Å². The van der Waals surface area contributed by atoms with Gasteiger partial charge in [-0.25, -0.2) is 4.57 Å². The summed E-state index contributed by atoms with van der Waals surface area (Å²) in [6.45, 7) is -1.49. The Morgan fingerprint density at radius 1 is 0.964 bits per heavy atom. The number of hydrogen-bond donors (Lipinski definition) is 11. The second-order valence-corrected chi connectivity index (χ2v) is 6.92. The van der Waals surface area contributed by atoms with Crippen molar-refractivity contribution in [3.63, 3.8) is 0 Å². The molecule has 0 radical (unpaired) electrons. The van der Waals surface area contributed by atoms with Gasteiger partial charge in [-0.15, -0.1) is 0 Å². The van der Waals surface area contributed by atoms with Crippen molar-refractivity contribution in [2.75, 3.05) is 13.2 Å². The first-order valence-corrected chi connectivity index (χ1v) is 9.16. The molecule has 168 valence electrons. The lowest BCUT2D eigenvalue weighted by atomic mass is 10.00. The fourth-order valence-electron chi connectivity index (χ4n) is 1.86. The van der Waals surface area contributed by atoms with E-state index in [-0.39, 0.29) is 6.29 Å². The molecule has 1 aliphatic rings. The minimum atomic E-state index is -4.80. The topological polar surface area (TPSA) is 275 Å². The van der Waals surface area contributed by atoms with E-state index in [9.17, 15) is 9.36 Å². The second kappa shape index (κ2) is 12.2. The molecule has 28 heavy (non-hydrogen) atoms. The first kappa shape index (κ1) is 27.4. The SMILES string of the molecule is O=C[C@H](O)[C@@H](O)[C@@H](O)[C@H](O)COP(=O)(O)O.OC[C@H]1OC(O)[C@H](O)[C@@H](O)[C@@H]1O. The van der Waals surface area contributed by atoms with E-state index < -0.39 is 76.2 Å². The van der Waals surface area contributed by atoms with Crippen LogP contribution in [0.3, 0.4) is 0 Å². The molecular formula is C12H25O15P. The van der Waals surface area contributed by atoms with Crippen molar-refractivity contribution in [1.82, 2.24) is 0 Å². The molecule has 0 aliphatic carbocycles. The summed E-state index contributed by atoms with van der Waals surface area (Å²) in [5.41, 5.74) is 0. The average Bonchev–Trinajstić information content (AvgIpc) is 2.65. The van der Waals surface area contributed by atoms with Gasteiger partial charge in [0.1, 0.15) is 48.8 Å². The van der Waals surface area contributed by atoms with Crippen molar-refractivity contribution in [2.45, 2.75) is 55.1 Å². The largest absolute Gasteiger partial charge is 0.469 e. The highest BCUT2D eigenvalue weighted by Crippen LogP contribution is 2.35. The van der Waals surface area contributed by atoms with E-state index in [4.69, 9.17) is 55.7 Å². The van der Waals surface area contributed by atoms with Gasteiger partial charge < -0.3 is 65.3 Å². The third-order valence-electron chi connectivity index (χ3n) is 3.51. The smallest absolute Gasteiger partial charge is 0.394 e. The number of carbonyl (C=O) groups is 1. The zero-order chi connectivity index (χ0) is 22.2. The highest BCUT2D eigenvalue weighted by Gasteiger charge is 2.42. The van der Waals surface area contributed by atoms with E-state index in [1.54, 1.807) is 0 Å². The summed E-state index contributed by atoms with van der Waals surface area (Å²) in [6.07, 6.45) is -14.8. The molecule has 0 amide bonds. The maximum Gasteiger partial charge on any atom is 0.469 e.